The molecule has 19 heavy (non-hydrogen) atoms. The molecule has 0 amide bonds. The first-order valence-corrected chi connectivity index (χ1v) is 6.76. The van der Waals surface area contributed by atoms with Crippen LogP contribution in [0.3, 0.4) is 0 Å². The van der Waals surface area contributed by atoms with Gasteiger partial charge in [0.15, 0.2) is 0 Å². The van der Waals surface area contributed by atoms with Crippen molar-refractivity contribution in [1.82, 2.24) is 9.55 Å². The molecule has 0 atom stereocenters. The summed E-state index contributed by atoms with van der Waals surface area (Å²) in [5.41, 5.74) is 5.56. The third kappa shape index (κ3) is 1.88. The molecule has 1 aromatic heterocycles. The maximum absolute atomic E-state index is 12.8. The highest BCUT2D eigenvalue weighted by Gasteiger charge is 2.17. The fourth-order valence-corrected chi connectivity index (χ4v) is 2.79. The average Bonchev–Trinajstić information content (AvgIpc) is 2.32. The lowest BCUT2D eigenvalue weighted by atomic mass is 9.95. The zero-order valence-electron chi connectivity index (χ0n) is 12.9. The van der Waals surface area contributed by atoms with Gasteiger partial charge in [0, 0.05) is 6.04 Å². The minimum absolute atomic E-state index is 0.0844. The van der Waals surface area contributed by atoms with Crippen LogP contribution in [0, 0.1) is 34.6 Å². The van der Waals surface area contributed by atoms with Crippen LogP contribution >= 0.6 is 0 Å². The fourth-order valence-electron chi connectivity index (χ4n) is 2.79. The summed E-state index contributed by atoms with van der Waals surface area (Å²) in [5.74, 6) is 0.790. The summed E-state index contributed by atoms with van der Waals surface area (Å²) < 4.78 is 1.78. The Morgan fingerprint density at radius 2 is 1.42 bits per heavy atom. The van der Waals surface area contributed by atoms with E-state index in [-0.39, 0.29) is 11.6 Å². The van der Waals surface area contributed by atoms with E-state index in [1.165, 1.54) is 11.1 Å². The predicted octanol–water partition coefficient (Wildman–Crippen LogP) is 3.52. The molecule has 0 aliphatic heterocycles. The quantitative estimate of drug-likeness (QED) is 0.784. The first-order chi connectivity index (χ1) is 8.77. The number of hydrogen-bond donors (Lipinski definition) is 0. The lowest BCUT2D eigenvalue weighted by Gasteiger charge is -2.18. The molecular weight excluding hydrogens is 236 g/mol. The van der Waals surface area contributed by atoms with Crippen LogP contribution < -0.4 is 5.56 Å². The van der Waals surface area contributed by atoms with E-state index >= 15 is 0 Å². The van der Waals surface area contributed by atoms with Crippen LogP contribution in [0.5, 0.6) is 0 Å². The molecule has 0 saturated heterocycles. The Kier molecular flexibility index (Phi) is 3.25. The molecule has 3 nitrogen and oxygen atoms in total. The van der Waals surface area contributed by atoms with E-state index < -0.39 is 0 Å². The summed E-state index contributed by atoms with van der Waals surface area (Å²) in [7, 11) is 0. The molecule has 0 aliphatic carbocycles. The van der Waals surface area contributed by atoms with E-state index in [0.29, 0.717) is 0 Å². The molecule has 0 unspecified atom stereocenters. The van der Waals surface area contributed by atoms with Crippen LogP contribution in [0.25, 0.3) is 10.9 Å². The molecule has 0 bridgehead atoms. The Morgan fingerprint density at radius 3 is 1.95 bits per heavy atom. The molecule has 2 rings (SSSR count). The van der Waals surface area contributed by atoms with Crippen LogP contribution in [0.15, 0.2) is 4.79 Å². The molecule has 1 heterocycles. The van der Waals surface area contributed by atoms with Crippen molar-refractivity contribution < 1.29 is 0 Å². The summed E-state index contributed by atoms with van der Waals surface area (Å²) >= 11 is 0. The fraction of sp³-hybridized carbons (Fsp3) is 0.500. The summed E-state index contributed by atoms with van der Waals surface area (Å²) in [6.07, 6.45) is 0. The van der Waals surface area contributed by atoms with Crippen LogP contribution in [-0.2, 0) is 0 Å². The maximum Gasteiger partial charge on any atom is 0.261 e. The summed E-state index contributed by atoms with van der Waals surface area (Å²) in [6.45, 7) is 14.2. The number of hydrogen-bond acceptors (Lipinski definition) is 2. The van der Waals surface area contributed by atoms with Crippen molar-refractivity contribution in [2.75, 3.05) is 0 Å². The van der Waals surface area contributed by atoms with Crippen molar-refractivity contribution in [2.45, 2.75) is 54.5 Å². The third-order valence-electron chi connectivity index (χ3n) is 4.23. The number of aromatic nitrogens is 2. The van der Waals surface area contributed by atoms with Gasteiger partial charge in [0.25, 0.3) is 5.56 Å². The Labute approximate surface area is 114 Å². The second-order valence-corrected chi connectivity index (χ2v) is 5.65. The summed E-state index contributed by atoms with van der Waals surface area (Å²) in [5, 5.41) is 0.778. The summed E-state index contributed by atoms with van der Waals surface area (Å²) in [4.78, 5) is 17.4. The van der Waals surface area contributed by atoms with Gasteiger partial charge in [-0.1, -0.05) is 0 Å². The van der Waals surface area contributed by atoms with Gasteiger partial charge in [-0.05, 0) is 70.7 Å². The van der Waals surface area contributed by atoms with Crippen molar-refractivity contribution in [3.8, 4) is 0 Å². The monoisotopic (exact) mass is 258 g/mol. The minimum Gasteiger partial charge on any atom is -0.294 e. The van der Waals surface area contributed by atoms with Gasteiger partial charge in [-0.25, -0.2) is 4.98 Å². The zero-order valence-corrected chi connectivity index (χ0v) is 12.9. The Balaban J connectivity index is 3.11. The second kappa shape index (κ2) is 4.48. The number of aryl methyl sites for hydroxylation is 3. The Bertz CT molecular complexity index is 724. The molecule has 3 heteroatoms. The standard InChI is InChI=1S/C16H22N2O/c1-8(2)18-13(7)17-15-12(6)10(4)9(3)11(5)14(15)16(18)19/h8H,1-7H3. The molecule has 0 saturated carbocycles. The van der Waals surface area contributed by atoms with E-state index in [9.17, 15) is 4.79 Å². The lowest BCUT2D eigenvalue weighted by Crippen LogP contribution is -2.26. The highest BCUT2D eigenvalue weighted by Crippen LogP contribution is 2.26. The zero-order chi connectivity index (χ0) is 14.5. The number of rotatable bonds is 1. The molecule has 0 aliphatic rings. The molecule has 0 radical (unpaired) electrons. The molecule has 0 N–H and O–H groups in total. The van der Waals surface area contributed by atoms with Crippen LogP contribution in [0.1, 0.15) is 48.0 Å². The van der Waals surface area contributed by atoms with Crippen molar-refractivity contribution >= 4 is 10.9 Å². The normalized spacial score (nSPS) is 11.6. The van der Waals surface area contributed by atoms with E-state index in [2.05, 4.69) is 25.8 Å². The largest absolute Gasteiger partial charge is 0.294 e. The number of benzene rings is 1. The predicted molar refractivity (Wildman–Crippen MR) is 80.1 cm³/mol. The molecule has 2 aromatic rings. The summed E-state index contributed by atoms with van der Waals surface area (Å²) in [6, 6.07) is 0.130. The molecule has 102 valence electrons. The van der Waals surface area contributed by atoms with Gasteiger partial charge in [-0.2, -0.15) is 0 Å². The Morgan fingerprint density at radius 1 is 0.895 bits per heavy atom. The first kappa shape index (κ1) is 13.8. The van der Waals surface area contributed by atoms with Crippen molar-refractivity contribution in [3.05, 3.63) is 38.4 Å². The van der Waals surface area contributed by atoms with E-state index in [1.54, 1.807) is 4.57 Å². The number of nitrogens with zero attached hydrogens (tertiary/aromatic N) is 2. The van der Waals surface area contributed by atoms with Crippen molar-refractivity contribution in [2.24, 2.45) is 0 Å². The van der Waals surface area contributed by atoms with Crippen molar-refractivity contribution in [3.63, 3.8) is 0 Å². The van der Waals surface area contributed by atoms with Gasteiger partial charge in [-0.15, -0.1) is 0 Å². The van der Waals surface area contributed by atoms with Gasteiger partial charge in [0.05, 0.1) is 10.9 Å². The second-order valence-electron chi connectivity index (χ2n) is 5.65. The van der Waals surface area contributed by atoms with E-state index in [1.807, 2.05) is 27.7 Å². The van der Waals surface area contributed by atoms with E-state index in [4.69, 9.17) is 0 Å². The van der Waals surface area contributed by atoms with Gasteiger partial charge < -0.3 is 0 Å². The van der Waals surface area contributed by atoms with Gasteiger partial charge in [0.1, 0.15) is 5.82 Å². The molecular formula is C16H22N2O. The van der Waals surface area contributed by atoms with Crippen LogP contribution in [0.2, 0.25) is 0 Å². The Hall–Kier alpha value is -1.64. The molecule has 0 fully saturated rings. The minimum atomic E-state index is 0.0844. The smallest absolute Gasteiger partial charge is 0.261 e. The number of fused-ring (bicyclic) bond motifs is 1. The van der Waals surface area contributed by atoms with Crippen LogP contribution in [0.4, 0.5) is 0 Å². The highest BCUT2D eigenvalue weighted by atomic mass is 16.1. The van der Waals surface area contributed by atoms with Crippen LogP contribution in [-0.4, -0.2) is 9.55 Å². The van der Waals surface area contributed by atoms with Gasteiger partial charge >= 0.3 is 0 Å². The average molecular weight is 258 g/mol. The topological polar surface area (TPSA) is 34.9 Å². The maximum atomic E-state index is 12.8. The molecule has 0 spiro atoms. The van der Waals surface area contributed by atoms with E-state index in [0.717, 1.165) is 27.9 Å². The lowest BCUT2D eigenvalue weighted by molar-refractivity contribution is 0.554. The van der Waals surface area contributed by atoms with Gasteiger partial charge in [-0.3, -0.25) is 9.36 Å². The third-order valence-corrected chi connectivity index (χ3v) is 4.23. The SMILES string of the molecule is Cc1c(C)c(C)c2c(=O)n(C(C)C)c(C)nc2c1C. The van der Waals surface area contributed by atoms with Gasteiger partial charge in [0.2, 0.25) is 0 Å². The highest BCUT2D eigenvalue weighted by molar-refractivity contribution is 5.86. The molecule has 1 aromatic carbocycles. The van der Waals surface area contributed by atoms with Crippen molar-refractivity contribution in [1.29, 1.82) is 0 Å². The first-order valence-electron chi connectivity index (χ1n) is 6.76.